The van der Waals surface area contributed by atoms with E-state index in [9.17, 15) is 0 Å². The van der Waals surface area contributed by atoms with Crippen molar-refractivity contribution in [3.8, 4) is 33.1 Å². The van der Waals surface area contributed by atoms with Gasteiger partial charge in [0, 0.05) is 40.8 Å². The van der Waals surface area contributed by atoms with E-state index in [1.807, 2.05) is 30.5 Å². The van der Waals surface area contributed by atoms with Crippen LogP contribution in [0.25, 0.3) is 55.3 Å². The lowest BCUT2D eigenvalue weighted by Gasteiger charge is -2.00. The highest BCUT2D eigenvalue weighted by atomic mass is 32.1. The smallest absolute Gasteiger partial charge is 0.161 e. The van der Waals surface area contributed by atoms with Gasteiger partial charge in [-0.05, 0) is 41.3 Å². The predicted octanol–water partition coefficient (Wildman–Crippen LogP) is 4.69. The van der Waals surface area contributed by atoms with Crippen LogP contribution >= 0.6 is 11.3 Å². The maximum atomic E-state index is 4.83. The van der Waals surface area contributed by atoms with E-state index < -0.39 is 0 Å². The van der Waals surface area contributed by atoms with Gasteiger partial charge in [-0.15, -0.1) is 11.3 Å². The van der Waals surface area contributed by atoms with Gasteiger partial charge in [-0.1, -0.05) is 6.07 Å². The molecule has 0 bridgehead atoms. The van der Waals surface area contributed by atoms with Crippen LogP contribution in [0.2, 0.25) is 0 Å². The fraction of sp³-hybridized carbons (Fsp3) is 0. The first-order valence-corrected chi connectivity index (χ1v) is 9.88. The zero-order chi connectivity index (χ0) is 19.2. The average Bonchev–Trinajstić information content (AvgIpc) is 3.52. The molecule has 0 fully saturated rings. The topological polar surface area (TPSA) is 96.0 Å². The third-order valence-corrected chi connectivity index (χ3v) is 5.73. The summed E-state index contributed by atoms with van der Waals surface area (Å²) in [5, 5.41) is 10.4. The van der Waals surface area contributed by atoms with Gasteiger partial charge in [-0.25, -0.2) is 15.0 Å². The third-order valence-electron chi connectivity index (χ3n) is 4.83. The van der Waals surface area contributed by atoms with E-state index >= 15 is 0 Å². The lowest BCUT2D eigenvalue weighted by atomic mass is 10.1. The molecule has 6 rings (SSSR count). The Kier molecular flexibility index (Phi) is 3.50. The standard InChI is InChI=1S/C21H13N7S/c1-2-16(29-9-1)14-5-8-23-20-17(14)25-21(26-20)18-15-10-13(11-24-19(15)28-27-18)12-3-6-22-7-4-12/h1-11H,(H,23,25,26)(H,24,27,28). The molecule has 0 unspecified atom stereocenters. The number of nitrogens with zero attached hydrogens (tertiary/aromatic N) is 5. The molecule has 138 valence electrons. The van der Waals surface area contributed by atoms with Crippen LogP contribution in [0.1, 0.15) is 0 Å². The summed E-state index contributed by atoms with van der Waals surface area (Å²) in [5.41, 5.74) is 6.11. The molecule has 0 aromatic carbocycles. The number of fused-ring (bicyclic) bond motifs is 2. The minimum absolute atomic E-state index is 0.663. The largest absolute Gasteiger partial charge is 0.321 e. The fourth-order valence-electron chi connectivity index (χ4n) is 3.44. The summed E-state index contributed by atoms with van der Waals surface area (Å²) in [5.74, 6) is 0.663. The van der Waals surface area contributed by atoms with Crippen LogP contribution in [-0.2, 0) is 0 Å². The van der Waals surface area contributed by atoms with Crippen molar-refractivity contribution in [3.05, 3.63) is 66.6 Å². The second-order valence-electron chi connectivity index (χ2n) is 6.55. The first kappa shape index (κ1) is 16.1. The Labute approximate surface area is 168 Å². The van der Waals surface area contributed by atoms with E-state index in [0.717, 1.165) is 43.8 Å². The molecule has 0 radical (unpaired) electrons. The number of rotatable bonds is 3. The highest BCUT2D eigenvalue weighted by Crippen LogP contribution is 2.33. The number of hydrogen-bond acceptors (Lipinski definition) is 6. The van der Waals surface area contributed by atoms with E-state index in [1.165, 1.54) is 0 Å². The molecule has 6 heterocycles. The van der Waals surface area contributed by atoms with E-state index in [0.29, 0.717) is 11.5 Å². The van der Waals surface area contributed by atoms with E-state index in [2.05, 4.69) is 47.6 Å². The fourth-order valence-corrected chi connectivity index (χ4v) is 4.19. The van der Waals surface area contributed by atoms with E-state index in [1.54, 1.807) is 29.9 Å². The van der Waals surface area contributed by atoms with Crippen LogP contribution in [0, 0.1) is 0 Å². The zero-order valence-electron chi connectivity index (χ0n) is 15.0. The molecular weight excluding hydrogens is 382 g/mol. The minimum Gasteiger partial charge on any atom is -0.321 e. The first-order valence-electron chi connectivity index (χ1n) is 9.00. The van der Waals surface area contributed by atoms with Crippen LogP contribution in [0.15, 0.2) is 66.6 Å². The molecule has 0 atom stereocenters. The van der Waals surface area contributed by atoms with Gasteiger partial charge in [0.2, 0.25) is 0 Å². The van der Waals surface area contributed by atoms with Gasteiger partial charge in [0.25, 0.3) is 0 Å². The summed E-state index contributed by atoms with van der Waals surface area (Å²) < 4.78 is 0. The summed E-state index contributed by atoms with van der Waals surface area (Å²) in [7, 11) is 0. The van der Waals surface area contributed by atoms with Gasteiger partial charge >= 0.3 is 0 Å². The number of pyridine rings is 3. The Hall–Kier alpha value is -3.91. The Morgan fingerprint density at radius 3 is 2.69 bits per heavy atom. The lowest BCUT2D eigenvalue weighted by molar-refractivity contribution is 1.09. The first-order chi connectivity index (χ1) is 14.4. The molecule has 7 nitrogen and oxygen atoms in total. The summed E-state index contributed by atoms with van der Waals surface area (Å²) >= 11 is 1.68. The van der Waals surface area contributed by atoms with Gasteiger partial charge in [0.15, 0.2) is 17.1 Å². The maximum Gasteiger partial charge on any atom is 0.161 e. The Morgan fingerprint density at radius 1 is 0.897 bits per heavy atom. The molecule has 0 aliphatic rings. The molecule has 6 aromatic heterocycles. The van der Waals surface area contributed by atoms with Crippen molar-refractivity contribution < 1.29 is 0 Å². The number of nitrogens with one attached hydrogen (secondary N) is 2. The van der Waals surface area contributed by atoms with Crippen LogP contribution in [-0.4, -0.2) is 35.1 Å². The highest BCUT2D eigenvalue weighted by Gasteiger charge is 2.17. The Bertz CT molecular complexity index is 1450. The van der Waals surface area contributed by atoms with Crippen molar-refractivity contribution in [1.29, 1.82) is 0 Å². The van der Waals surface area contributed by atoms with E-state index in [4.69, 9.17) is 4.98 Å². The molecule has 0 saturated carbocycles. The number of aromatic nitrogens is 7. The van der Waals surface area contributed by atoms with Crippen molar-refractivity contribution in [1.82, 2.24) is 35.1 Å². The summed E-state index contributed by atoms with van der Waals surface area (Å²) in [4.78, 5) is 22.4. The van der Waals surface area contributed by atoms with Gasteiger partial charge < -0.3 is 4.98 Å². The molecular formula is C21H13N7S. The average molecular weight is 395 g/mol. The van der Waals surface area contributed by atoms with Crippen molar-refractivity contribution in [2.75, 3.05) is 0 Å². The highest BCUT2D eigenvalue weighted by molar-refractivity contribution is 7.13. The lowest BCUT2D eigenvalue weighted by Crippen LogP contribution is -1.84. The van der Waals surface area contributed by atoms with E-state index in [-0.39, 0.29) is 0 Å². The summed E-state index contributed by atoms with van der Waals surface area (Å²) in [6.45, 7) is 0. The number of thiophene rings is 1. The molecule has 8 heteroatoms. The molecule has 29 heavy (non-hydrogen) atoms. The molecule has 0 saturated heterocycles. The minimum atomic E-state index is 0.663. The SMILES string of the molecule is c1csc(-c2ccnc3[nH]c(-c4n[nH]c5ncc(-c6ccncc6)cc45)nc23)c1. The van der Waals surface area contributed by atoms with Crippen molar-refractivity contribution in [2.24, 2.45) is 0 Å². The van der Waals surface area contributed by atoms with Gasteiger partial charge in [-0.3, -0.25) is 10.1 Å². The monoisotopic (exact) mass is 395 g/mol. The van der Waals surface area contributed by atoms with Gasteiger partial charge in [0.1, 0.15) is 11.2 Å². The summed E-state index contributed by atoms with van der Waals surface area (Å²) in [6, 6.07) is 12.1. The summed E-state index contributed by atoms with van der Waals surface area (Å²) in [6.07, 6.45) is 7.17. The number of imidazole rings is 1. The molecule has 0 aliphatic heterocycles. The predicted molar refractivity (Wildman–Crippen MR) is 113 cm³/mol. The molecule has 6 aromatic rings. The van der Waals surface area contributed by atoms with Crippen LogP contribution in [0.5, 0.6) is 0 Å². The number of aromatic amines is 2. The molecule has 0 spiro atoms. The van der Waals surface area contributed by atoms with Gasteiger partial charge in [0.05, 0.1) is 5.39 Å². The van der Waals surface area contributed by atoms with Crippen molar-refractivity contribution in [2.45, 2.75) is 0 Å². The number of H-pyrrole nitrogens is 2. The van der Waals surface area contributed by atoms with Crippen LogP contribution < -0.4 is 0 Å². The third kappa shape index (κ3) is 2.61. The van der Waals surface area contributed by atoms with Crippen molar-refractivity contribution >= 4 is 33.5 Å². The number of hydrogen-bond donors (Lipinski definition) is 2. The second kappa shape index (κ2) is 6.32. The molecule has 0 amide bonds. The normalized spacial score (nSPS) is 11.4. The Morgan fingerprint density at radius 2 is 1.83 bits per heavy atom. The van der Waals surface area contributed by atoms with Crippen LogP contribution in [0.3, 0.4) is 0 Å². The maximum absolute atomic E-state index is 4.83. The molecule has 0 aliphatic carbocycles. The molecule has 2 N–H and O–H groups in total. The second-order valence-corrected chi connectivity index (χ2v) is 7.49. The van der Waals surface area contributed by atoms with Gasteiger partial charge in [-0.2, -0.15) is 5.10 Å². The van der Waals surface area contributed by atoms with Crippen molar-refractivity contribution in [3.63, 3.8) is 0 Å². The van der Waals surface area contributed by atoms with Crippen LogP contribution in [0.4, 0.5) is 0 Å². The zero-order valence-corrected chi connectivity index (χ0v) is 15.8. The Balaban J connectivity index is 1.53. The quantitative estimate of drug-likeness (QED) is 0.453.